The zero-order valence-electron chi connectivity index (χ0n) is 9.17. The standard InChI is InChI=1S/C11H8F3NO3/c1-6(16)9(17)15-10(18)7-4-2-3-5-8(7)11(12,13)14/h2-5H,1H3,(H,15,17,18). The quantitative estimate of drug-likeness (QED) is 0.819. The highest BCUT2D eigenvalue weighted by atomic mass is 19.4. The van der Waals surface area contributed by atoms with Gasteiger partial charge in [0.2, 0.25) is 5.78 Å². The molecule has 18 heavy (non-hydrogen) atoms. The predicted octanol–water partition coefficient (Wildman–Crippen LogP) is 1.55. The second kappa shape index (κ2) is 4.99. The number of Topliss-reactive ketones (excluding diaryl/α,β-unsaturated/α-hetero) is 1. The summed E-state index contributed by atoms with van der Waals surface area (Å²) in [5.74, 6) is -3.48. The fraction of sp³-hybridized carbons (Fsp3) is 0.182. The number of halogens is 3. The number of carbonyl (C=O) groups excluding carboxylic acids is 3. The summed E-state index contributed by atoms with van der Waals surface area (Å²) in [5, 5.41) is 1.58. The molecule has 2 amide bonds. The number of carbonyl (C=O) groups is 3. The highest BCUT2D eigenvalue weighted by Crippen LogP contribution is 2.31. The van der Waals surface area contributed by atoms with Crippen LogP contribution in [0.5, 0.6) is 0 Å². The van der Waals surface area contributed by atoms with Gasteiger partial charge in [0, 0.05) is 6.92 Å². The zero-order valence-corrected chi connectivity index (χ0v) is 9.17. The number of imide groups is 1. The molecule has 1 rings (SSSR count). The molecule has 96 valence electrons. The molecule has 0 aliphatic heterocycles. The molecule has 0 unspecified atom stereocenters. The molecule has 0 atom stereocenters. The monoisotopic (exact) mass is 259 g/mol. The van der Waals surface area contributed by atoms with Crippen LogP contribution < -0.4 is 5.32 Å². The number of hydrogen-bond donors (Lipinski definition) is 1. The average Bonchev–Trinajstić information content (AvgIpc) is 2.27. The lowest BCUT2D eigenvalue weighted by Crippen LogP contribution is -2.35. The maximum atomic E-state index is 12.6. The lowest BCUT2D eigenvalue weighted by molar-refractivity contribution is -0.138. The van der Waals surface area contributed by atoms with E-state index in [1.807, 2.05) is 0 Å². The van der Waals surface area contributed by atoms with E-state index in [-0.39, 0.29) is 0 Å². The van der Waals surface area contributed by atoms with Gasteiger partial charge in [0.25, 0.3) is 11.8 Å². The van der Waals surface area contributed by atoms with Crippen LogP contribution in [0.2, 0.25) is 0 Å². The van der Waals surface area contributed by atoms with Gasteiger partial charge in [-0.05, 0) is 12.1 Å². The van der Waals surface area contributed by atoms with Crippen LogP contribution in [0.3, 0.4) is 0 Å². The number of hydrogen-bond acceptors (Lipinski definition) is 3. The molecule has 1 N–H and O–H groups in total. The normalized spacial score (nSPS) is 10.9. The van der Waals surface area contributed by atoms with Gasteiger partial charge in [0.1, 0.15) is 0 Å². The Bertz CT molecular complexity index is 509. The van der Waals surface area contributed by atoms with Gasteiger partial charge in [-0.25, -0.2) is 0 Å². The first kappa shape index (κ1) is 13.9. The van der Waals surface area contributed by atoms with Gasteiger partial charge in [0.05, 0.1) is 11.1 Å². The number of alkyl halides is 3. The molecule has 0 saturated carbocycles. The topological polar surface area (TPSA) is 63.2 Å². The third kappa shape index (κ3) is 3.16. The van der Waals surface area contributed by atoms with Crippen molar-refractivity contribution in [2.75, 3.05) is 0 Å². The van der Waals surface area contributed by atoms with E-state index < -0.39 is 34.9 Å². The van der Waals surface area contributed by atoms with Gasteiger partial charge >= 0.3 is 6.18 Å². The Balaban J connectivity index is 3.07. The Morgan fingerprint density at radius 3 is 2.17 bits per heavy atom. The number of benzene rings is 1. The number of nitrogens with one attached hydrogen (secondary N) is 1. The molecular formula is C11H8F3NO3. The molecule has 7 heteroatoms. The first-order valence-electron chi connectivity index (χ1n) is 4.76. The third-order valence-electron chi connectivity index (χ3n) is 2.02. The Hall–Kier alpha value is -2.18. The van der Waals surface area contributed by atoms with Crippen LogP contribution in [-0.2, 0) is 15.8 Å². The van der Waals surface area contributed by atoms with Crippen LogP contribution in [0.4, 0.5) is 13.2 Å². The minimum absolute atomic E-state index is 0.709. The summed E-state index contributed by atoms with van der Waals surface area (Å²) < 4.78 is 37.7. The van der Waals surface area contributed by atoms with Gasteiger partial charge in [-0.3, -0.25) is 19.7 Å². The van der Waals surface area contributed by atoms with Crippen molar-refractivity contribution in [1.82, 2.24) is 5.32 Å². The highest BCUT2D eigenvalue weighted by molar-refractivity contribution is 6.38. The highest BCUT2D eigenvalue weighted by Gasteiger charge is 2.35. The van der Waals surface area contributed by atoms with Crippen LogP contribution in [-0.4, -0.2) is 17.6 Å². The van der Waals surface area contributed by atoms with Crippen LogP contribution in [0, 0.1) is 0 Å². The van der Waals surface area contributed by atoms with Crippen LogP contribution in [0.15, 0.2) is 24.3 Å². The third-order valence-corrected chi connectivity index (χ3v) is 2.02. The summed E-state index contributed by atoms with van der Waals surface area (Å²) in [7, 11) is 0. The first-order chi connectivity index (χ1) is 8.23. The molecule has 0 radical (unpaired) electrons. The lowest BCUT2D eigenvalue weighted by Gasteiger charge is -2.11. The minimum atomic E-state index is -4.72. The van der Waals surface area contributed by atoms with Crippen molar-refractivity contribution in [3.8, 4) is 0 Å². The lowest BCUT2D eigenvalue weighted by atomic mass is 10.1. The van der Waals surface area contributed by atoms with Crippen molar-refractivity contribution >= 4 is 17.6 Å². The fourth-order valence-electron chi connectivity index (χ4n) is 1.19. The summed E-state index contributed by atoms with van der Waals surface area (Å²) >= 11 is 0. The van der Waals surface area contributed by atoms with Gasteiger partial charge in [-0.15, -0.1) is 0 Å². The van der Waals surface area contributed by atoms with E-state index in [0.717, 1.165) is 19.1 Å². The summed E-state index contributed by atoms with van der Waals surface area (Å²) in [4.78, 5) is 33.0. The largest absolute Gasteiger partial charge is 0.417 e. The van der Waals surface area contributed by atoms with Crippen molar-refractivity contribution < 1.29 is 27.6 Å². The second-order valence-corrected chi connectivity index (χ2v) is 3.38. The van der Waals surface area contributed by atoms with Gasteiger partial charge in [-0.2, -0.15) is 13.2 Å². The molecule has 0 bridgehead atoms. The first-order valence-corrected chi connectivity index (χ1v) is 4.76. The van der Waals surface area contributed by atoms with Gasteiger partial charge in [0.15, 0.2) is 0 Å². The average molecular weight is 259 g/mol. The zero-order chi connectivity index (χ0) is 13.9. The van der Waals surface area contributed by atoms with Crippen LogP contribution in [0.1, 0.15) is 22.8 Å². The summed E-state index contributed by atoms with van der Waals surface area (Å²) in [6.45, 7) is 0.901. The molecule has 0 aliphatic rings. The van der Waals surface area contributed by atoms with Gasteiger partial charge < -0.3 is 0 Å². The molecule has 0 aliphatic carbocycles. The van der Waals surface area contributed by atoms with E-state index in [9.17, 15) is 27.6 Å². The van der Waals surface area contributed by atoms with Crippen molar-refractivity contribution in [2.24, 2.45) is 0 Å². The van der Waals surface area contributed by atoms with Crippen molar-refractivity contribution in [3.63, 3.8) is 0 Å². The summed E-state index contributed by atoms with van der Waals surface area (Å²) in [6.07, 6.45) is -4.72. The summed E-state index contributed by atoms with van der Waals surface area (Å²) in [5.41, 5.74) is -1.88. The van der Waals surface area contributed by atoms with E-state index in [4.69, 9.17) is 0 Å². The second-order valence-electron chi connectivity index (χ2n) is 3.38. The van der Waals surface area contributed by atoms with E-state index in [1.165, 1.54) is 6.07 Å². The van der Waals surface area contributed by atoms with E-state index >= 15 is 0 Å². The van der Waals surface area contributed by atoms with E-state index in [2.05, 4.69) is 0 Å². The molecule has 4 nitrogen and oxygen atoms in total. The number of ketones is 1. The predicted molar refractivity (Wildman–Crippen MR) is 54.6 cm³/mol. The fourth-order valence-corrected chi connectivity index (χ4v) is 1.19. The Morgan fingerprint density at radius 2 is 1.67 bits per heavy atom. The molecule has 0 aromatic heterocycles. The van der Waals surface area contributed by atoms with Crippen molar-refractivity contribution in [3.05, 3.63) is 35.4 Å². The van der Waals surface area contributed by atoms with Crippen molar-refractivity contribution in [1.29, 1.82) is 0 Å². The molecular weight excluding hydrogens is 251 g/mol. The Morgan fingerprint density at radius 1 is 1.11 bits per heavy atom. The van der Waals surface area contributed by atoms with Crippen LogP contribution in [0.25, 0.3) is 0 Å². The maximum Gasteiger partial charge on any atom is 0.417 e. The van der Waals surface area contributed by atoms with Crippen molar-refractivity contribution in [2.45, 2.75) is 13.1 Å². The molecule has 0 spiro atoms. The van der Waals surface area contributed by atoms with E-state index in [1.54, 1.807) is 5.32 Å². The molecule has 1 aromatic carbocycles. The maximum absolute atomic E-state index is 12.6. The van der Waals surface area contributed by atoms with Crippen LogP contribution >= 0.6 is 0 Å². The molecule has 0 saturated heterocycles. The van der Waals surface area contributed by atoms with E-state index in [0.29, 0.717) is 6.07 Å². The smallest absolute Gasteiger partial charge is 0.289 e. The number of amides is 2. The summed E-state index contributed by atoms with van der Waals surface area (Å²) in [6, 6.07) is 3.98. The minimum Gasteiger partial charge on any atom is -0.289 e. The Labute approximate surface area is 99.8 Å². The number of rotatable bonds is 2. The Kier molecular flexibility index (Phi) is 3.85. The molecule has 0 heterocycles. The molecule has 0 fully saturated rings. The SMILES string of the molecule is CC(=O)C(=O)NC(=O)c1ccccc1C(F)(F)F. The van der Waals surface area contributed by atoms with Gasteiger partial charge in [-0.1, -0.05) is 12.1 Å². The molecule has 1 aromatic rings.